The average molecular weight is 255 g/mol. The first-order valence-corrected chi connectivity index (χ1v) is 6.54. The fraction of sp³-hybridized carbons (Fsp3) is 0.917. The van der Waals surface area contributed by atoms with Crippen LogP contribution >= 0.6 is 0 Å². The van der Waals surface area contributed by atoms with Gasteiger partial charge in [0.15, 0.2) is 5.82 Å². The summed E-state index contributed by atoms with van der Waals surface area (Å²) >= 11 is 0. The van der Waals surface area contributed by atoms with Crippen LogP contribution < -0.4 is 5.32 Å². The van der Waals surface area contributed by atoms with E-state index in [9.17, 15) is 0 Å². The molecule has 0 saturated carbocycles. The summed E-state index contributed by atoms with van der Waals surface area (Å²) < 4.78 is 6.96. The number of aromatic nitrogens is 4. The summed E-state index contributed by atoms with van der Waals surface area (Å²) in [6, 6.07) is 0.117. The number of hydrogen-bond donors (Lipinski definition) is 1. The van der Waals surface area contributed by atoms with E-state index in [0.29, 0.717) is 6.61 Å². The van der Waals surface area contributed by atoms with Crippen LogP contribution in [0.15, 0.2) is 0 Å². The largest absolute Gasteiger partial charge is 0.383 e. The summed E-state index contributed by atoms with van der Waals surface area (Å²) in [6.45, 7) is 10.0. The second kappa shape index (κ2) is 6.80. The smallest absolute Gasteiger partial charge is 0.168 e. The zero-order chi connectivity index (χ0) is 13.6. The Morgan fingerprint density at radius 1 is 1.44 bits per heavy atom. The van der Waals surface area contributed by atoms with Gasteiger partial charge in [-0.2, -0.15) is 0 Å². The van der Waals surface area contributed by atoms with E-state index in [1.807, 2.05) is 4.68 Å². The van der Waals surface area contributed by atoms with E-state index in [-0.39, 0.29) is 11.6 Å². The van der Waals surface area contributed by atoms with Gasteiger partial charge in [0.2, 0.25) is 0 Å². The molecule has 0 aromatic carbocycles. The molecule has 1 heterocycles. The summed E-state index contributed by atoms with van der Waals surface area (Å²) in [6.07, 6.45) is 2.16. The van der Waals surface area contributed by atoms with Crippen molar-refractivity contribution in [2.45, 2.75) is 52.1 Å². The van der Waals surface area contributed by atoms with Crippen molar-refractivity contribution in [2.75, 3.05) is 20.3 Å². The van der Waals surface area contributed by atoms with E-state index >= 15 is 0 Å². The molecule has 1 aromatic heterocycles. The molecule has 0 bridgehead atoms. The van der Waals surface area contributed by atoms with Gasteiger partial charge in [-0.25, -0.2) is 4.68 Å². The molecule has 0 amide bonds. The second-order valence-corrected chi connectivity index (χ2v) is 5.18. The third kappa shape index (κ3) is 3.74. The van der Waals surface area contributed by atoms with Gasteiger partial charge in [-0.05, 0) is 37.6 Å². The van der Waals surface area contributed by atoms with Crippen LogP contribution in [-0.4, -0.2) is 40.5 Å². The molecule has 0 aliphatic carbocycles. The van der Waals surface area contributed by atoms with Crippen molar-refractivity contribution in [1.82, 2.24) is 25.5 Å². The molecule has 0 fully saturated rings. The van der Waals surface area contributed by atoms with Crippen LogP contribution in [0.1, 0.15) is 52.4 Å². The fourth-order valence-electron chi connectivity index (χ4n) is 2.08. The predicted octanol–water partition coefficient (Wildman–Crippen LogP) is 1.51. The average Bonchev–Trinajstić information content (AvgIpc) is 2.78. The molecule has 18 heavy (non-hydrogen) atoms. The number of nitrogens with zero attached hydrogens (tertiary/aromatic N) is 4. The van der Waals surface area contributed by atoms with Crippen LogP contribution in [0.4, 0.5) is 0 Å². The second-order valence-electron chi connectivity index (χ2n) is 5.18. The van der Waals surface area contributed by atoms with Crippen molar-refractivity contribution in [1.29, 1.82) is 0 Å². The predicted molar refractivity (Wildman–Crippen MR) is 70.3 cm³/mol. The number of ether oxygens (including phenoxy) is 1. The maximum Gasteiger partial charge on any atom is 0.168 e. The molecule has 1 rings (SSSR count). The van der Waals surface area contributed by atoms with E-state index in [1.54, 1.807) is 7.11 Å². The zero-order valence-electron chi connectivity index (χ0n) is 12.1. The highest BCUT2D eigenvalue weighted by Gasteiger charge is 2.26. The van der Waals surface area contributed by atoms with Crippen LogP contribution in [0.3, 0.4) is 0 Å². The Morgan fingerprint density at radius 2 is 2.17 bits per heavy atom. The number of hydrogen-bond acceptors (Lipinski definition) is 5. The minimum Gasteiger partial charge on any atom is -0.383 e. The maximum absolute atomic E-state index is 5.02. The lowest BCUT2D eigenvalue weighted by Crippen LogP contribution is -2.33. The molecule has 104 valence electrons. The fourth-order valence-corrected chi connectivity index (χ4v) is 2.08. The first-order chi connectivity index (χ1) is 8.53. The highest BCUT2D eigenvalue weighted by molar-refractivity contribution is 4.94. The minimum absolute atomic E-state index is 0.0508. The van der Waals surface area contributed by atoms with E-state index in [1.165, 1.54) is 0 Å². The molecule has 1 aromatic rings. The highest BCUT2D eigenvalue weighted by Crippen LogP contribution is 2.23. The van der Waals surface area contributed by atoms with Gasteiger partial charge in [0.25, 0.3) is 0 Å². The van der Waals surface area contributed by atoms with Crippen molar-refractivity contribution in [3.63, 3.8) is 0 Å². The normalized spacial score (nSPS) is 13.8. The molecular formula is C12H25N5O. The number of methoxy groups -OCH3 is 1. The van der Waals surface area contributed by atoms with Crippen molar-refractivity contribution >= 4 is 0 Å². The lowest BCUT2D eigenvalue weighted by atomic mass is 9.99. The highest BCUT2D eigenvalue weighted by atomic mass is 16.5. The number of nitrogens with one attached hydrogen (secondary N) is 1. The van der Waals surface area contributed by atoms with Gasteiger partial charge in [-0.15, -0.1) is 5.10 Å². The van der Waals surface area contributed by atoms with Crippen molar-refractivity contribution in [3.8, 4) is 0 Å². The zero-order valence-corrected chi connectivity index (χ0v) is 12.1. The van der Waals surface area contributed by atoms with E-state index in [2.05, 4.69) is 48.5 Å². The molecule has 6 heteroatoms. The summed E-state index contributed by atoms with van der Waals surface area (Å²) in [5.74, 6) is 0.879. The SMILES string of the molecule is CCCC(C)(C)n1nnnc1C(C)NCCOC. The molecule has 1 N–H and O–H groups in total. The van der Waals surface area contributed by atoms with Gasteiger partial charge in [0.1, 0.15) is 0 Å². The molecule has 0 saturated heterocycles. The Bertz CT molecular complexity index is 350. The van der Waals surface area contributed by atoms with Crippen LogP contribution in [0.5, 0.6) is 0 Å². The topological polar surface area (TPSA) is 64.9 Å². The lowest BCUT2D eigenvalue weighted by Gasteiger charge is -2.26. The Balaban J connectivity index is 2.75. The van der Waals surface area contributed by atoms with E-state index in [0.717, 1.165) is 25.2 Å². The van der Waals surface area contributed by atoms with E-state index < -0.39 is 0 Å². The standard InChI is InChI=1S/C12H25N5O/c1-6-7-12(3,4)17-11(14-15-16-17)10(2)13-8-9-18-5/h10,13H,6-9H2,1-5H3. The quantitative estimate of drug-likeness (QED) is 0.713. The maximum atomic E-state index is 5.02. The van der Waals surface area contributed by atoms with Crippen molar-refractivity contribution in [3.05, 3.63) is 5.82 Å². The van der Waals surface area contributed by atoms with Crippen LogP contribution in [0.2, 0.25) is 0 Å². The third-order valence-corrected chi connectivity index (χ3v) is 3.07. The molecule has 0 spiro atoms. The van der Waals surface area contributed by atoms with Gasteiger partial charge in [0, 0.05) is 13.7 Å². The Morgan fingerprint density at radius 3 is 2.78 bits per heavy atom. The summed E-state index contributed by atoms with van der Waals surface area (Å²) in [5, 5.41) is 15.4. The van der Waals surface area contributed by atoms with Gasteiger partial charge >= 0.3 is 0 Å². The van der Waals surface area contributed by atoms with Crippen LogP contribution in [-0.2, 0) is 10.3 Å². The molecular weight excluding hydrogens is 230 g/mol. The van der Waals surface area contributed by atoms with Crippen molar-refractivity contribution in [2.24, 2.45) is 0 Å². The Labute approximate surface area is 109 Å². The first kappa shape index (κ1) is 15.0. The van der Waals surface area contributed by atoms with Crippen LogP contribution in [0.25, 0.3) is 0 Å². The minimum atomic E-state index is -0.0508. The first-order valence-electron chi connectivity index (χ1n) is 6.54. The van der Waals surface area contributed by atoms with E-state index in [4.69, 9.17) is 4.74 Å². The summed E-state index contributed by atoms with van der Waals surface area (Å²) in [4.78, 5) is 0. The van der Waals surface area contributed by atoms with Crippen LogP contribution in [0, 0.1) is 0 Å². The summed E-state index contributed by atoms with van der Waals surface area (Å²) in [7, 11) is 1.70. The van der Waals surface area contributed by atoms with Gasteiger partial charge in [0.05, 0.1) is 18.2 Å². The summed E-state index contributed by atoms with van der Waals surface area (Å²) in [5.41, 5.74) is -0.0508. The molecule has 0 radical (unpaired) electrons. The molecule has 0 aliphatic rings. The van der Waals surface area contributed by atoms with Crippen molar-refractivity contribution < 1.29 is 4.74 Å². The van der Waals surface area contributed by atoms with Gasteiger partial charge in [-0.1, -0.05) is 13.3 Å². The number of rotatable bonds is 8. The third-order valence-electron chi connectivity index (χ3n) is 3.07. The molecule has 6 nitrogen and oxygen atoms in total. The molecule has 1 atom stereocenters. The van der Waals surface area contributed by atoms with Gasteiger partial charge in [-0.3, -0.25) is 0 Å². The molecule has 0 aliphatic heterocycles. The lowest BCUT2D eigenvalue weighted by molar-refractivity contribution is 0.194. The Kier molecular flexibility index (Phi) is 5.68. The monoisotopic (exact) mass is 255 g/mol. The molecule has 1 unspecified atom stereocenters. The number of tetrazole rings is 1. The Hall–Kier alpha value is -1.01. The van der Waals surface area contributed by atoms with Gasteiger partial charge < -0.3 is 10.1 Å².